The minimum absolute atomic E-state index is 0.102. The van der Waals surface area contributed by atoms with Gasteiger partial charge < -0.3 is 9.47 Å². The van der Waals surface area contributed by atoms with Gasteiger partial charge in [0.25, 0.3) is 0 Å². The second kappa shape index (κ2) is 6.42. The molecular formula is C13H16N2O4S2. The van der Waals surface area contributed by atoms with Crippen molar-refractivity contribution in [1.82, 2.24) is 9.29 Å². The number of hydrogen-bond donors (Lipinski definition) is 0. The topological polar surface area (TPSA) is 68.7 Å². The molecule has 0 aliphatic carbocycles. The molecule has 1 aromatic carbocycles. The first-order valence-electron chi connectivity index (χ1n) is 6.05. The van der Waals surface area contributed by atoms with Crippen LogP contribution < -0.4 is 9.47 Å². The molecule has 21 heavy (non-hydrogen) atoms. The van der Waals surface area contributed by atoms with Gasteiger partial charge in [0.05, 0.1) is 20.8 Å². The molecule has 1 heterocycles. The van der Waals surface area contributed by atoms with E-state index in [-0.39, 0.29) is 17.2 Å². The molecule has 0 aliphatic rings. The van der Waals surface area contributed by atoms with Crippen molar-refractivity contribution in [1.29, 1.82) is 0 Å². The molecule has 0 bridgehead atoms. The third kappa shape index (κ3) is 3.34. The van der Waals surface area contributed by atoms with E-state index in [4.69, 9.17) is 9.47 Å². The molecule has 6 nitrogen and oxygen atoms in total. The van der Waals surface area contributed by atoms with E-state index in [9.17, 15) is 8.42 Å². The molecule has 0 saturated carbocycles. The second-order valence-corrected chi connectivity index (χ2v) is 7.20. The minimum Gasteiger partial charge on any atom is -0.497 e. The van der Waals surface area contributed by atoms with Crippen LogP contribution in [0.3, 0.4) is 0 Å². The summed E-state index contributed by atoms with van der Waals surface area (Å²) in [6.45, 7) is 0.217. The molecule has 0 radical (unpaired) electrons. The lowest BCUT2D eigenvalue weighted by Crippen LogP contribution is -2.26. The highest BCUT2D eigenvalue weighted by atomic mass is 32.2. The van der Waals surface area contributed by atoms with Crippen molar-refractivity contribution in [2.45, 2.75) is 11.4 Å². The molecule has 0 spiro atoms. The molecule has 0 N–H and O–H groups in total. The smallest absolute Gasteiger partial charge is 0.246 e. The molecule has 0 unspecified atom stereocenters. The molecule has 0 saturated heterocycles. The largest absolute Gasteiger partial charge is 0.497 e. The lowest BCUT2D eigenvalue weighted by molar-refractivity contribution is 0.383. The number of aromatic nitrogens is 1. The Kier molecular flexibility index (Phi) is 4.81. The number of benzene rings is 1. The Morgan fingerprint density at radius 2 is 2.05 bits per heavy atom. The Morgan fingerprint density at radius 3 is 2.62 bits per heavy atom. The number of rotatable bonds is 6. The third-order valence-corrected chi connectivity index (χ3v) is 5.51. The average Bonchev–Trinajstić information content (AvgIpc) is 2.99. The van der Waals surface area contributed by atoms with Gasteiger partial charge in [-0.05, 0) is 12.1 Å². The summed E-state index contributed by atoms with van der Waals surface area (Å²) < 4.78 is 36.7. The minimum atomic E-state index is -3.66. The van der Waals surface area contributed by atoms with Gasteiger partial charge in [-0.25, -0.2) is 13.4 Å². The monoisotopic (exact) mass is 328 g/mol. The van der Waals surface area contributed by atoms with Gasteiger partial charge in [0.15, 0.2) is 0 Å². The van der Waals surface area contributed by atoms with E-state index < -0.39 is 10.0 Å². The highest BCUT2D eigenvalue weighted by Gasteiger charge is 2.25. The summed E-state index contributed by atoms with van der Waals surface area (Å²) in [6, 6.07) is 4.61. The van der Waals surface area contributed by atoms with Gasteiger partial charge in [0, 0.05) is 24.7 Å². The zero-order chi connectivity index (χ0) is 15.5. The maximum atomic E-state index is 12.6. The fraction of sp³-hybridized carbons (Fsp3) is 0.308. The Bertz CT molecular complexity index is 699. The number of nitrogens with zero attached hydrogens (tertiary/aromatic N) is 2. The Hall–Kier alpha value is -1.64. The quantitative estimate of drug-likeness (QED) is 0.811. The number of hydrogen-bond acceptors (Lipinski definition) is 6. The van der Waals surface area contributed by atoms with Crippen LogP contribution in [0.15, 0.2) is 34.7 Å². The Labute approximate surface area is 128 Å². The van der Waals surface area contributed by atoms with Crippen molar-refractivity contribution >= 4 is 21.4 Å². The van der Waals surface area contributed by atoms with Gasteiger partial charge in [-0.3, -0.25) is 0 Å². The van der Waals surface area contributed by atoms with Crippen LogP contribution in [-0.2, 0) is 16.6 Å². The highest BCUT2D eigenvalue weighted by molar-refractivity contribution is 7.89. The summed E-state index contributed by atoms with van der Waals surface area (Å²) >= 11 is 1.41. The molecular weight excluding hydrogens is 312 g/mol. The SMILES string of the molecule is COc1ccc(S(=O)(=O)N(C)Cc2nccs2)c(OC)c1. The van der Waals surface area contributed by atoms with Crippen LogP contribution in [-0.4, -0.2) is 39.0 Å². The number of thiazole rings is 1. The summed E-state index contributed by atoms with van der Waals surface area (Å²) in [5.41, 5.74) is 0. The molecule has 2 aromatic rings. The zero-order valence-electron chi connectivity index (χ0n) is 11.9. The van der Waals surface area contributed by atoms with Crippen LogP contribution in [0.1, 0.15) is 5.01 Å². The highest BCUT2D eigenvalue weighted by Crippen LogP contribution is 2.30. The maximum absolute atomic E-state index is 12.6. The summed E-state index contributed by atoms with van der Waals surface area (Å²) in [5.74, 6) is 0.786. The summed E-state index contributed by atoms with van der Waals surface area (Å²) in [5, 5.41) is 2.54. The maximum Gasteiger partial charge on any atom is 0.246 e. The molecule has 2 rings (SSSR count). The Balaban J connectivity index is 2.34. The first kappa shape index (κ1) is 15.7. The number of sulfonamides is 1. The predicted molar refractivity (Wildman–Crippen MR) is 80.3 cm³/mol. The van der Waals surface area contributed by atoms with E-state index in [1.165, 1.54) is 43.0 Å². The predicted octanol–water partition coefficient (Wildman–Crippen LogP) is 1.98. The van der Waals surface area contributed by atoms with E-state index in [0.29, 0.717) is 5.75 Å². The van der Waals surface area contributed by atoms with Crippen LogP contribution >= 0.6 is 11.3 Å². The summed E-state index contributed by atoms with van der Waals surface area (Å²) in [6.07, 6.45) is 1.65. The average molecular weight is 328 g/mol. The van der Waals surface area contributed by atoms with Gasteiger partial charge in [-0.2, -0.15) is 4.31 Å². The van der Waals surface area contributed by atoms with Crippen LogP contribution in [0.25, 0.3) is 0 Å². The van der Waals surface area contributed by atoms with Crippen molar-refractivity contribution in [3.8, 4) is 11.5 Å². The molecule has 0 aliphatic heterocycles. The zero-order valence-corrected chi connectivity index (χ0v) is 13.6. The fourth-order valence-electron chi connectivity index (χ4n) is 1.76. The van der Waals surface area contributed by atoms with E-state index in [1.807, 2.05) is 5.38 Å². The van der Waals surface area contributed by atoms with E-state index in [0.717, 1.165) is 5.01 Å². The van der Waals surface area contributed by atoms with Crippen molar-refractivity contribution < 1.29 is 17.9 Å². The molecule has 0 fully saturated rings. The Morgan fingerprint density at radius 1 is 1.29 bits per heavy atom. The van der Waals surface area contributed by atoms with Crippen molar-refractivity contribution in [2.75, 3.05) is 21.3 Å². The van der Waals surface area contributed by atoms with Crippen LogP contribution in [0.5, 0.6) is 11.5 Å². The van der Waals surface area contributed by atoms with Crippen LogP contribution in [0, 0.1) is 0 Å². The van der Waals surface area contributed by atoms with Crippen molar-refractivity contribution in [3.63, 3.8) is 0 Å². The van der Waals surface area contributed by atoms with Gasteiger partial charge >= 0.3 is 0 Å². The third-order valence-electron chi connectivity index (χ3n) is 2.90. The standard InChI is InChI=1S/C13H16N2O4S2/c1-15(9-13-14-6-7-20-13)21(16,17)12-5-4-10(18-2)8-11(12)19-3/h4-8H,9H2,1-3H3. The second-order valence-electron chi connectivity index (χ2n) is 4.20. The van der Waals surface area contributed by atoms with E-state index >= 15 is 0 Å². The van der Waals surface area contributed by atoms with Gasteiger partial charge in [0.1, 0.15) is 21.4 Å². The van der Waals surface area contributed by atoms with Crippen LogP contribution in [0.4, 0.5) is 0 Å². The summed E-state index contributed by atoms with van der Waals surface area (Å²) in [7, 11) is 0.788. The first-order valence-corrected chi connectivity index (χ1v) is 8.37. The molecule has 0 atom stereocenters. The lowest BCUT2D eigenvalue weighted by atomic mass is 10.3. The molecule has 8 heteroatoms. The van der Waals surface area contributed by atoms with Crippen LogP contribution in [0.2, 0.25) is 0 Å². The van der Waals surface area contributed by atoms with Gasteiger partial charge in [-0.1, -0.05) is 0 Å². The molecule has 1 aromatic heterocycles. The molecule has 114 valence electrons. The molecule has 0 amide bonds. The van der Waals surface area contributed by atoms with Crippen molar-refractivity contribution in [3.05, 3.63) is 34.8 Å². The van der Waals surface area contributed by atoms with Gasteiger partial charge in [-0.15, -0.1) is 11.3 Å². The van der Waals surface area contributed by atoms with Gasteiger partial charge in [0.2, 0.25) is 10.0 Å². The fourth-order valence-corrected chi connectivity index (χ4v) is 3.78. The number of methoxy groups -OCH3 is 2. The normalized spacial score (nSPS) is 11.6. The lowest BCUT2D eigenvalue weighted by Gasteiger charge is -2.18. The van der Waals surface area contributed by atoms with E-state index in [1.54, 1.807) is 18.3 Å². The summed E-state index contributed by atoms with van der Waals surface area (Å²) in [4.78, 5) is 4.20. The first-order chi connectivity index (χ1) is 9.98. The number of ether oxygens (including phenoxy) is 2. The van der Waals surface area contributed by atoms with E-state index in [2.05, 4.69) is 4.98 Å². The van der Waals surface area contributed by atoms with Crippen molar-refractivity contribution in [2.24, 2.45) is 0 Å².